The molecule has 0 N–H and O–H groups in total. The van der Waals surface area contributed by atoms with Gasteiger partial charge in [-0.2, -0.15) is 0 Å². The van der Waals surface area contributed by atoms with Gasteiger partial charge < -0.3 is 9.47 Å². The van der Waals surface area contributed by atoms with Crippen LogP contribution in [-0.4, -0.2) is 24.8 Å². The Morgan fingerprint density at radius 2 is 1.56 bits per heavy atom. The summed E-state index contributed by atoms with van der Waals surface area (Å²) < 4.78 is 10.6. The number of rotatable bonds is 10. The number of ether oxygens (including phenoxy) is 2. The van der Waals surface area contributed by atoms with Crippen LogP contribution in [0.25, 0.3) is 0 Å². The summed E-state index contributed by atoms with van der Waals surface area (Å²) in [7, 11) is 0. The largest absolute Gasteiger partial charge is 0.460 e. The standard InChI is InChI=1S/C15H30O3/c1-5-6-7-8-9-10-12-17-13-11-14(16)18-15(2,3)4/h5-13H2,1-4H3. The van der Waals surface area contributed by atoms with Gasteiger partial charge in [-0.05, 0) is 27.2 Å². The molecular formula is C15H30O3. The maximum atomic E-state index is 11.4. The Labute approximate surface area is 112 Å². The minimum absolute atomic E-state index is 0.176. The van der Waals surface area contributed by atoms with Crippen LogP contribution in [-0.2, 0) is 14.3 Å². The number of carbonyl (C=O) groups excluding carboxylic acids is 1. The molecule has 0 aromatic heterocycles. The van der Waals surface area contributed by atoms with Crippen molar-refractivity contribution in [3.05, 3.63) is 0 Å². The maximum absolute atomic E-state index is 11.4. The Balaban J connectivity index is 3.23. The van der Waals surface area contributed by atoms with Gasteiger partial charge in [0, 0.05) is 6.61 Å². The first-order valence-corrected chi connectivity index (χ1v) is 7.25. The number of unbranched alkanes of at least 4 members (excludes halogenated alkanes) is 5. The molecule has 0 aromatic rings. The molecule has 0 atom stereocenters. The van der Waals surface area contributed by atoms with Gasteiger partial charge in [-0.1, -0.05) is 39.0 Å². The van der Waals surface area contributed by atoms with Crippen molar-refractivity contribution in [2.24, 2.45) is 0 Å². The van der Waals surface area contributed by atoms with Crippen molar-refractivity contribution < 1.29 is 14.3 Å². The lowest BCUT2D eigenvalue weighted by Gasteiger charge is -2.19. The van der Waals surface area contributed by atoms with Crippen molar-refractivity contribution in [2.75, 3.05) is 13.2 Å². The molecule has 0 aliphatic heterocycles. The predicted molar refractivity (Wildman–Crippen MR) is 74.7 cm³/mol. The van der Waals surface area contributed by atoms with E-state index >= 15 is 0 Å². The first-order valence-electron chi connectivity index (χ1n) is 7.25. The van der Waals surface area contributed by atoms with E-state index in [2.05, 4.69) is 6.92 Å². The van der Waals surface area contributed by atoms with Crippen molar-refractivity contribution in [3.8, 4) is 0 Å². The second-order valence-electron chi connectivity index (χ2n) is 5.72. The van der Waals surface area contributed by atoms with Crippen molar-refractivity contribution in [2.45, 2.75) is 78.2 Å². The Bertz CT molecular complexity index is 206. The van der Waals surface area contributed by atoms with Crippen LogP contribution in [0.4, 0.5) is 0 Å². The fourth-order valence-electron chi connectivity index (χ4n) is 1.63. The van der Waals surface area contributed by atoms with Gasteiger partial charge in [0.15, 0.2) is 0 Å². The molecule has 0 amide bonds. The average Bonchev–Trinajstić information content (AvgIpc) is 2.24. The molecule has 0 saturated carbocycles. The number of carbonyl (C=O) groups is 1. The second-order valence-corrected chi connectivity index (χ2v) is 5.72. The highest BCUT2D eigenvalue weighted by molar-refractivity contribution is 5.69. The summed E-state index contributed by atoms with van der Waals surface area (Å²) in [5, 5.41) is 0. The van der Waals surface area contributed by atoms with Gasteiger partial charge in [-0.3, -0.25) is 4.79 Å². The summed E-state index contributed by atoms with van der Waals surface area (Å²) in [6.45, 7) is 9.09. The third kappa shape index (κ3) is 13.5. The van der Waals surface area contributed by atoms with Crippen LogP contribution >= 0.6 is 0 Å². The van der Waals surface area contributed by atoms with Gasteiger partial charge in [0.2, 0.25) is 0 Å². The highest BCUT2D eigenvalue weighted by Gasteiger charge is 2.15. The predicted octanol–water partition coefficient (Wildman–Crippen LogP) is 4.10. The highest BCUT2D eigenvalue weighted by Crippen LogP contribution is 2.08. The quantitative estimate of drug-likeness (QED) is 0.437. The Kier molecular flexibility index (Phi) is 10.0. The van der Waals surface area contributed by atoms with Crippen LogP contribution in [0.5, 0.6) is 0 Å². The highest BCUT2D eigenvalue weighted by atomic mass is 16.6. The molecule has 0 aliphatic carbocycles. The van der Waals surface area contributed by atoms with E-state index < -0.39 is 5.60 Å². The molecule has 0 fully saturated rings. The summed E-state index contributed by atoms with van der Waals surface area (Å²) in [4.78, 5) is 11.4. The zero-order valence-electron chi connectivity index (χ0n) is 12.6. The monoisotopic (exact) mass is 258 g/mol. The van der Waals surface area contributed by atoms with Crippen molar-refractivity contribution >= 4 is 5.97 Å². The topological polar surface area (TPSA) is 35.5 Å². The van der Waals surface area contributed by atoms with E-state index in [1.165, 1.54) is 32.1 Å². The SMILES string of the molecule is CCCCCCCCOCCC(=O)OC(C)(C)C. The lowest BCUT2D eigenvalue weighted by Crippen LogP contribution is -2.24. The number of esters is 1. The molecular weight excluding hydrogens is 228 g/mol. The van der Waals surface area contributed by atoms with E-state index in [-0.39, 0.29) is 5.97 Å². The van der Waals surface area contributed by atoms with Gasteiger partial charge in [-0.15, -0.1) is 0 Å². The molecule has 0 radical (unpaired) electrons. The van der Waals surface area contributed by atoms with Gasteiger partial charge in [0.05, 0.1) is 13.0 Å². The maximum Gasteiger partial charge on any atom is 0.308 e. The van der Waals surface area contributed by atoms with Gasteiger partial charge >= 0.3 is 5.97 Å². The molecule has 108 valence electrons. The molecule has 0 aliphatic rings. The molecule has 0 unspecified atom stereocenters. The Morgan fingerprint density at radius 1 is 0.944 bits per heavy atom. The molecule has 0 bridgehead atoms. The van der Waals surface area contributed by atoms with Crippen LogP contribution in [0, 0.1) is 0 Å². The first kappa shape index (κ1) is 17.4. The van der Waals surface area contributed by atoms with Gasteiger partial charge in [0.25, 0.3) is 0 Å². The van der Waals surface area contributed by atoms with Crippen LogP contribution in [0.1, 0.15) is 72.6 Å². The van der Waals surface area contributed by atoms with E-state index in [1.54, 1.807) is 0 Å². The van der Waals surface area contributed by atoms with E-state index in [0.29, 0.717) is 13.0 Å². The Morgan fingerprint density at radius 3 is 2.17 bits per heavy atom. The van der Waals surface area contributed by atoms with Crippen molar-refractivity contribution in [3.63, 3.8) is 0 Å². The van der Waals surface area contributed by atoms with Crippen molar-refractivity contribution in [1.29, 1.82) is 0 Å². The molecule has 0 aromatic carbocycles. The van der Waals surface area contributed by atoms with Gasteiger partial charge in [0.1, 0.15) is 5.60 Å². The first-order chi connectivity index (χ1) is 8.45. The zero-order valence-corrected chi connectivity index (χ0v) is 12.6. The van der Waals surface area contributed by atoms with Crippen molar-refractivity contribution in [1.82, 2.24) is 0 Å². The van der Waals surface area contributed by atoms with Gasteiger partial charge in [-0.25, -0.2) is 0 Å². The fraction of sp³-hybridized carbons (Fsp3) is 0.933. The normalized spacial score (nSPS) is 11.6. The lowest BCUT2D eigenvalue weighted by atomic mass is 10.1. The number of hydrogen-bond donors (Lipinski definition) is 0. The third-order valence-corrected chi connectivity index (χ3v) is 2.51. The smallest absolute Gasteiger partial charge is 0.308 e. The summed E-state index contributed by atoms with van der Waals surface area (Å²) in [5.74, 6) is -0.176. The van der Waals surface area contributed by atoms with E-state index in [1.807, 2.05) is 20.8 Å². The summed E-state index contributed by atoms with van der Waals surface area (Å²) in [6.07, 6.45) is 7.92. The molecule has 0 spiro atoms. The average molecular weight is 258 g/mol. The molecule has 18 heavy (non-hydrogen) atoms. The second kappa shape index (κ2) is 10.4. The lowest BCUT2D eigenvalue weighted by molar-refractivity contribution is -0.156. The van der Waals surface area contributed by atoms with Crippen LogP contribution in [0.15, 0.2) is 0 Å². The van der Waals surface area contributed by atoms with Crippen LogP contribution in [0.3, 0.4) is 0 Å². The van der Waals surface area contributed by atoms with E-state index in [4.69, 9.17) is 9.47 Å². The van der Waals surface area contributed by atoms with Crippen LogP contribution in [0.2, 0.25) is 0 Å². The summed E-state index contributed by atoms with van der Waals surface area (Å²) in [5.41, 5.74) is -0.392. The molecule has 3 heteroatoms. The number of hydrogen-bond acceptors (Lipinski definition) is 3. The summed E-state index contributed by atoms with van der Waals surface area (Å²) in [6, 6.07) is 0. The minimum atomic E-state index is -0.392. The fourth-order valence-corrected chi connectivity index (χ4v) is 1.63. The zero-order chi connectivity index (χ0) is 13.9. The third-order valence-electron chi connectivity index (χ3n) is 2.51. The molecule has 0 saturated heterocycles. The van der Waals surface area contributed by atoms with E-state index in [9.17, 15) is 4.79 Å². The van der Waals surface area contributed by atoms with Crippen LogP contribution < -0.4 is 0 Å². The molecule has 0 heterocycles. The molecule has 3 nitrogen and oxygen atoms in total. The molecule has 0 rings (SSSR count). The van der Waals surface area contributed by atoms with E-state index in [0.717, 1.165) is 13.0 Å². The minimum Gasteiger partial charge on any atom is -0.460 e. The summed E-state index contributed by atoms with van der Waals surface area (Å²) >= 11 is 0. The Hall–Kier alpha value is -0.570.